The van der Waals surface area contributed by atoms with Gasteiger partial charge in [0, 0.05) is 0 Å². The van der Waals surface area contributed by atoms with Gasteiger partial charge in [-0.2, -0.15) is 0 Å². The Hall–Kier alpha value is -3.01. The Morgan fingerprint density at radius 3 is 1.70 bits per heavy atom. The van der Waals surface area contributed by atoms with Crippen LogP contribution in [0.3, 0.4) is 0 Å². The number of anilines is 1. The Morgan fingerprint density at radius 2 is 1.26 bits per heavy atom. The van der Waals surface area contributed by atoms with Crippen molar-refractivity contribution in [3.05, 3.63) is 126 Å². The zero-order valence-corrected chi connectivity index (χ0v) is 28.3. The van der Waals surface area contributed by atoms with E-state index in [1.807, 2.05) is 74.5 Å². The van der Waals surface area contributed by atoms with Gasteiger partial charge in [-0.1, -0.05) is 0 Å². The summed E-state index contributed by atoms with van der Waals surface area (Å²) >= 11 is 9.89. The summed E-state index contributed by atoms with van der Waals surface area (Å²) in [6, 6.07) is 26.9. The van der Waals surface area contributed by atoms with Gasteiger partial charge in [-0.15, -0.1) is 0 Å². The van der Waals surface area contributed by atoms with Crippen molar-refractivity contribution < 1.29 is 30.7 Å². The molecule has 0 radical (unpaired) electrons. The Labute approximate surface area is 277 Å². The van der Waals surface area contributed by atoms with E-state index in [1.54, 1.807) is 12.1 Å². The fourth-order valence-electron chi connectivity index (χ4n) is 5.54. The molecule has 2 N–H and O–H groups in total. The molecule has 0 unspecified atom stereocenters. The maximum atomic E-state index is 14.0. The first-order valence-electron chi connectivity index (χ1n) is 14.5. The topological polar surface area (TPSA) is 24.1 Å². The van der Waals surface area contributed by atoms with E-state index in [9.17, 15) is 30.7 Å². The minimum absolute atomic E-state index is 0.0355. The monoisotopic (exact) mass is 744 g/mol. The van der Waals surface area contributed by atoms with Gasteiger partial charge in [-0.3, -0.25) is 0 Å². The van der Waals surface area contributed by atoms with Gasteiger partial charge in [0.2, 0.25) is 0 Å². The molecule has 0 aliphatic heterocycles. The molecule has 0 heterocycles. The molecule has 2 atom stereocenters. The standard InChI is InChI=1S/C34H33BrF7N2PS/c1-3-23(2)31(44-32(46)43-28-19-25(33(37,38)39)18-26(20-28)34(40,41)42)22-45(35,29-10-6-4-7-11-29,30-12-8-5-9-13-30)21-24-14-16-27(36)17-15-24/h4-20,23,31H,3,21-22H2,1-2H3,(H2,43,44,46)/t23-,31+/m0/s1. The summed E-state index contributed by atoms with van der Waals surface area (Å²) in [5, 5.41) is 4.30. The van der Waals surface area contributed by atoms with E-state index in [-0.39, 0.29) is 22.9 Å². The van der Waals surface area contributed by atoms with E-state index >= 15 is 0 Å². The van der Waals surface area contributed by atoms with Crippen molar-refractivity contribution in [2.75, 3.05) is 11.5 Å². The first kappa shape index (κ1) is 35.8. The number of halogens is 8. The van der Waals surface area contributed by atoms with E-state index < -0.39 is 40.5 Å². The summed E-state index contributed by atoms with van der Waals surface area (Å²) in [7, 11) is 0. The molecule has 4 rings (SSSR count). The van der Waals surface area contributed by atoms with Crippen molar-refractivity contribution in [1.82, 2.24) is 5.32 Å². The van der Waals surface area contributed by atoms with Gasteiger partial charge < -0.3 is 0 Å². The average molecular weight is 746 g/mol. The van der Waals surface area contributed by atoms with Crippen molar-refractivity contribution in [3.8, 4) is 0 Å². The molecule has 0 aliphatic carbocycles. The van der Waals surface area contributed by atoms with Gasteiger partial charge in [-0.25, -0.2) is 0 Å². The number of hydrogen-bond acceptors (Lipinski definition) is 1. The number of benzene rings is 4. The van der Waals surface area contributed by atoms with Crippen molar-refractivity contribution in [2.24, 2.45) is 5.92 Å². The Kier molecular flexibility index (Phi) is 10.9. The first-order chi connectivity index (χ1) is 21.5. The molecule has 0 saturated heterocycles. The zero-order chi connectivity index (χ0) is 33.8. The van der Waals surface area contributed by atoms with Gasteiger partial charge in [0.25, 0.3) is 0 Å². The molecule has 4 aromatic carbocycles. The summed E-state index contributed by atoms with van der Waals surface area (Å²) in [5.74, 6) is -0.399. The van der Waals surface area contributed by atoms with Crippen molar-refractivity contribution >= 4 is 54.4 Å². The van der Waals surface area contributed by atoms with E-state index in [2.05, 4.69) is 26.1 Å². The van der Waals surface area contributed by atoms with Crippen molar-refractivity contribution in [3.63, 3.8) is 0 Å². The molecular formula is C34H33BrF7N2PS. The molecule has 0 amide bonds. The van der Waals surface area contributed by atoms with E-state index in [0.29, 0.717) is 30.9 Å². The minimum atomic E-state index is -5.00. The molecule has 0 aromatic heterocycles. The van der Waals surface area contributed by atoms with Crippen LogP contribution in [-0.2, 0) is 18.5 Å². The summed E-state index contributed by atoms with van der Waals surface area (Å²) in [5.41, 5.74) is -2.43. The SMILES string of the molecule is CC[C@H](C)[C@@H](CP(Br)(Cc1ccc(F)cc1)(c1ccccc1)c1ccccc1)NC(=S)Nc1cc(C(F)(F)F)cc(C(F)(F)F)c1. The van der Waals surface area contributed by atoms with Crippen LogP contribution in [0, 0.1) is 11.7 Å². The third-order valence-corrected chi connectivity index (χ3v) is 17.6. The Bertz CT molecular complexity index is 1560. The molecule has 0 saturated carbocycles. The number of alkyl halides is 6. The fourth-order valence-corrected chi connectivity index (χ4v) is 14.2. The Balaban J connectivity index is 1.80. The number of rotatable bonds is 10. The first-order valence-corrected chi connectivity index (χ1v) is 19.5. The molecule has 0 aliphatic rings. The second-order valence-corrected chi connectivity index (χ2v) is 21.4. The predicted molar refractivity (Wildman–Crippen MR) is 182 cm³/mol. The number of hydrogen-bond donors (Lipinski definition) is 2. The van der Waals surface area contributed by atoms with Crippen LogP contribution in [-0.4, -0.2) is 17.3 Å². The predicted octanol–water partition coefficient (Wildman–Crippen LogP) is 10.3. The van der Waals surface area contributed by atoms with E-state index in [4.69, 9.17) is 12.2 Å². The molecule has 0 bridgehead atoms. The summed E-state index contributed by atoms with van der Waals surface area (Å²) in [4.78, 5) is 0. The van der Waals surface area contributed by atoms with Crippen LogP contribution in [0.4, 0.5) is 36.4 Å². The number of thiocarbonyl (C=S) groups is 1. The molecule has 0 spiro atoms. The van der Waals surface area contributed by atoms with Gasteiger partial charge in [0.15, 0.2) is 0 Å². The third kappa shape index (κ3) is 8.28. The van der Waals surface area contributed by atoms with Crippen LogP contribution < -0.4 is 21.2 Å². The second-order valence-electron chi connectivity index (χ2n) is 11.4. The van der Waals surface area contributed by atoms with Gasteiger partial charge in [-0.05, 0) is 0 Å². The van der Waals surface area contributed by atoms with Crippen LogP contribution in [0.1, 0.15) is 37.0 Å². The zero-order valence-electron chi connectivity index (χ0n) is 25.0. The average Bonchev–Trinajstić information content (AvgIpc) is 3.01. The van der Waals surface area contributed by atoms with Crippen LogP contribution >= 0.6 is 33.0 Å². The third-order valence-electron chi connectivity index (χ3n) is 8.19. The van der Waals surface area contributed by atoms with E-state index in [0.717, 1.165) is 16.2 Å². The molecular weight excluding hydrogens is 712 g/mol. The van der Waals surface area contributed by atoms with Gasteiger partial charge >= 0.3 is 278 Å². The van der Waals surface area contributed by atoms with Crippen LogP contribution in [0.2, 0.25) is 0 Å². The number of nitrogens with one attached hydrogen (secondary N) is 2. The van der Waals surface area contributed by atoms with E-state index in [1.165, 1.54) is 12.1 Å². The summed E-state index contributed by atoms with van der Waals surface area (Å²) in [6.07, 6.45) is -8.33. The van der Waals surface area contributed by atoms with Crippen LogP contribution in [0.5, 0.6) is 0 Å². The normalized spacial score (nSPS) is 14.5. The fraction of sp³-hybridized carbons (Fsp3) is 0.265. The summed E-state index contributed by atoms with van der Waals surface area (Å²) in [6.45, 7) is 4.00. The van der Waals surface area contributed by atoms with Crippen molar-refractivity contribution in [2.45, 2.75) is 44.8 Å². The Morgan fingerprint density at radius 1 is 0.783 bits per heavy atom. The van der Waals surface area contributed by atoms with Gasteiger partial charge in [0.05, 0.1) is 0 Å². The van der Waals surface area contributed by atoms with Gasteiger partial charge in [0.1, 0.15) is 0 Å². The molecule has 4 aromatic rings. The molecule has 2 nitrogen and oxygen atoms in total. The van der Waals surface area contributed by atoms with Crippen LogP contribution in [0.25, 0.3) is 0 Å². The molecule has 0 fully saturated rings. The second kappa shape index (κ2) is 14.0. The van der Waals surface area contributed by atoms with Crippen LogP contribution in [0.15, 0.2) is 103 Å². The molecule has 46 heavy (non-hydrogen) atoms. The molecule has 246 valence electrons. The van der Waals surface area contributed by atoms with Crippen molar-refractivity contribution in [1.29, 1.82) is 0 Å². The summed E-state index contributed by atoms with van der Waals surface area (Å²) < 4.78 is 95.1. The maximum absolute atomic E-state index is 14.0. The molecule has 12 heteroatoms. The quantitative estimate of drug-likeness (QED) is 0.0961.